The molecule has 0 heterocycles. The summed E-state index contributed by atoms with van der Waals surface area (Å²) in [7, 11) is -2.30. The maximum atomic E-state index is 13.6. The van der Waals surface area contributed by atoms with E-state index in [-0.39, 0.29) is 23.4 Å². The number of anilines is 1. The average Bonchev–Trinajstić information content (AvgIpc) is 2.83. The number of nitrogens with one attached hydrogen (secondary N) is 1. The van der Waals surface area contributed by atoms with Crippen LogP contribution in [0.1, 0.15) is 41.1 Å². The van der Waals surface area contributed by atoms with Crippen molar-refractivity contribution in [1.29, 1.82) is 0 Å². The molecule has 4 rings (SSSR count). The van der Waals surface area contributed by atoms with E-state index in [0.717, 1.165) is 47.3 Å². The monoisotopic (exact) mass is 478 g/mol. The van der Waals surface area contributed by atoms with Crippen molar-refractivity contribution in [3.8, 4) is 5.75 Å². The summed E-state index contributed by atoms with van der Waals surface area (Å²) in [5.41, 5.74) is 4.53. The van der Waals surface area contributed by atoms with Crippen molar-refractivity contribution in [2.45, 2.75) is 44.0 Å². The van der Waals surface area contributed by atoms with Crippen LogP contribution in [-0.2, 0) is 21.2 Å². The van der Waals surface area contributed by atoms with Gasteiger partial charge in [-0.3, -0.25) is 9.10 Å². The van der Waals surface area contributed by atoms with Crippen LogP contribution in [0.15, 0.2) is 71.6 Å². The Balaban J connectivity index is 1.63. The number of carbonyl (C=O) groups excluding carboxylic acids is 1. The van der Waals surface area contributed by atoms with Crippen molar-refractivity contribution in [2.24, 2.45) is 0 Å². The number of rotatable bonds is 7. The molecule has 7 heteroatoms. The second-order valence-corrected chi connectivity index (χ2v) is 10.6. The van der Waals surface area contributed by atoms with Crippen molar-refractivity contribution in [1.82, 2.24) is 5.32 Å². The van der Waals surface area contributed by atoms with Crippen LogP contribution in [0.2, 0.25) is 0 Å². The first-order valence-electron chi connectivity index (χ1n) is 11.4. The van der Waals surface area contributed by atoms with Gasteiger partial charge in [0.15, 0.2) is 0 Å². The Kier molecular flexibility index (Phi) is 6.93. The molecule has 1 N–H and O–H groups in total. The summed E-state index contributed by atoms with van der Waals surface area (Å²) in [6, 6.07) is 19.5. The van der Waals surface area contributed by atoms with Gasteiger partial charge in [0, 0.05) is 0 Å². The quantitative estimate of drug-likeness (QED) is 0.534. The van der Waals surface area contributed by atoms with Gasteiger partial charge >= 0.3 is 0 Å². The number of nitrogens with zero attached hydrogens (tertiary/aromatic N) is 1. The zero-order valence-corrected chi connectivity index (χ0v) is 20.6. The van der Waals surface area contributed by atoms with Gasteiger partial charge < -0.3 is 10.1 Å². The van der Waals surface area contributed by atoms with E-state index >= 15 is 0 Å². The van der Waals surface area contributed by atoms with Crippen molar-refractivity contribution in [3.63, 3.8) is 0 Å². The van der Waals surface area contributed by atoms with Gasteiger partial charge in [-0.15, -0.1) is 0 Å². The van der Waals surface area contributed by atoms with Crippen LogP contribution in [0.25, 0.3) is 0 Å². The number of benzene rings is 3. The fourth-order valence-corrected chi connectivity index (χ4v) is 6.05. The lowest BCUT2D eigenvalue weighted by Crippen LogP contribution is -2.42. The van der Waals surface area contributed by atoms with Gasteiger partial charge in [-0.05, 0) is 80.1 Å². The molecule has 0 aromatic heterocycles. The van der Waals surface area contributed by atoms with Crippen LogP contribution in [0.3, 0.4) is 0 Å². The summed E-state index contributed by atoms with van der Waals surface area (Å²) in [6.45, 7) is 3.51. The summed E-state index contributed by atoms with van der Waals surface area (Å²) in [5, 5.41) is 3.08. The highest BCUT2D eigenvalue weighted by atomic mass is 32.2. The molecule has 178 valence electrons. The number of carbonyl (C=O) groups is 1. The first kappa shape index (κ1) is 23.8. The van der Waals surface area contributed by atoms with E-state index in [9.17, 15) is 13.2 Å². The minimum absolute atomic E-state index is 0.151. The molecule has 3 aromatic carbocycles. The number of hydrogen-bond donors (Lipinski definition) is 1. The molecule has 3 aromatic rings. The van der Waals surface area contributed by atoms with Gasteiger partial charge in [0.2, 0.25) is 5.91 Å². The Labute approximate surface area is 201 Å². The maximum Gasteiger partial charge on any atom is 0.264 e. The summed E-state index contributed by atoms with van der Waals surface area (Å²) in [4.78, 5) is 13.4. The molecular weight excluding hydrogens is 448 g/mol. The molecule has 34 heavy (non-hydrogen) atoms. The van der Waals surface area contributed by atoms with Crippen LogP contribution in [0.5, 0.6) is 5.75 Å². The van der Waals surface area contributed by atoms with E-state index < -0.39 is 10.0 Å². The number of methoxy groups -OCH3 is 1. The highest BCUT2D eigenvalue weighted by molar-refractivity contribution is 7.92. The average molecular weight is 479 g/mol. The summed E-state index contributed by atoms with van der Waals surface area (Å²) in [6.07, 6.45) is 2.67. The molecule has 0 fully saturated rings. The number of aryl methyl sites for hydroxylation is 3. The molecule has 0 spiro atoms. The van der Waals surface area contributed by atoms with Gasteiger partial charge in [-0.2, -0.15) is 0 Å². The minimum atomic E-state index is -3.94. The molecule has 0 bridgehead atoms. The topological polar surface area (TPSA) is 75.7 Å². The second kappa shape index (κ2) is 9.89. The molecule has 1 amide bonds. The standard InChI is InChI=1S/C27H30N2O4S/c1-19-12-15-26(20(2)16-19)29(34(31,32)23-9-5-4-6-10-23)18-27(30)28-25-11-7-8-21-17-22(33-3)13-14-24(21)25/h4-6,9-10,12-17,25H,7-8,11,18H2,1-3H3,(H,28,30). The van der Waals surface area contributed by atoms with Gasteiger partial charge in [-0.1, -0.05) is 42.0 Å². The third-order valence-corrected chi connectivity index (χ3v) is 8.01. The van der Waals surface area contributed by atoms with Crippen LogP contribution >= 0.6 is 0 Å². The van der Waals surface area contributed by atoms with E-state index in [0.29, 0.717) is 5.69 Å². The third-order valence-electron chi connectivity index (χ3n) is 6.24. The zero-order chi connectivity index (χ0) is 24.3. The molecule has 1 aliphatic rings. The Bertz CT molecular complexity index is 1290. The van der Waals surface area contributed by atoms with Gasteiger partial charge in [0.1, 0.15) is 12.3 Å². The predicted octanol–water partition coefficient (Wildman–Crippen LogP) is 4.70. The lowest BCUT2D eigenvalue weighted by atomic mass is 9.87. The lowest BCUT2D eigenvalue weighted by molar-refractivity contribution is -0.120. The molecule has 1 atom stereocenters. The third kappa shape index (κ3) is 4.94. The van der Waals surface area contributed by atoms with E-state index in [2.05, 4.69) is 5.32 Å². The molecular formula is C27H30N2O4S. The summed E-state index contributed by atoms with van der Waals surface area (Å²) >= 11 is 0. The fraction of sp³-hybridized carbons (Fsp3) is 0.296. The van der Waals surface area contributed by atoms with Crippen LogP contribution in [0.4, 0.5) is 5.69 Å². The normalized spacial score (nSPS) is 15.3. The molecule has 0 saturated heterocycles. The number of fused-ring (bicyclic) bond motifs is 1. The number of hydrogen-bond acceptors (Lipinski definition) is 4. The van der Waals surface area contributed by atoms with Gasteiger partial charge in [0.25, 0.3) is 10.0 Å². The molecule has 6 nitrogen and oxygen atoms in total. The smallest absolute Gasteiger partial charge is 0.264 e. The van der Waals surface area contributed by atoms with E-state index in [1.807, 2.05) is 44.2 Å². The van der Waals surface area contributed by atoms with Crippen molar-refractivity contribution < 1.29 is 17.9 Å². The maximum absolute atomic E-state index is 13.6. The van der Waals surface area contributed by atoms with Gasteiger partial charge in [-0.25, -0.2) is 8.42 Å². The zero-order valence-electron chi connectivity index (χ0n) is 19.7. The Morgan fingerprint density at radius 3 is 2.53 bits per heavy atom. The molecule has 1 aliphatic carbocycles. The van der Waals surface area contributed by atoms with Crippen molar-refractivity contribution in [2.75, 3.05) is 18.0 Å². The van der Waals surface area contributed by atoms with Crippen LogP contribution < -0.4 is 14.4 Å². The van der Waals surface area contributed by atoms with Crippen molar-refractivity contribution in [3.05, 3.63) is 89.0 Å². The number of ether oxygens (including phenoxy) is 1. The van der Waals surface area contributed by atoms with Crippen LogP contribution in [0, 0.1) is 13.8 Å². The molecule has 1 unspecified atom stereocenters. The fourth-order valence-electron chi connectivity index (χ4n) is 4.54. The highest BCUT2D eigenvalue weighted by Crippen LogP contribution is 2.33. The van der Waals surface area contributed by atoms with E-state index in [1.165, 1.54) is 4.31 Å². The molecule has 0 saturated carbocycles. The molecule has 0 aliphatic heterocycles. The predicted molar refractivity (Wildman–Crippen MR) is 134 cm³/mol. The first-order chi connectivity index (χ1) is 16.3. The molecule has 0 radical (unpaired) electrons. The Morgan fingerprint density at radius 2 is 1.82 bits per heavy atom. The van der Waals surface area contributed by atoms with E-state index in [4.69, 9.17) is 4.74 Å². The highest BCUT2D eigenvalue weighted by Gasteiger charge is 2.30. The SMILES string of the molecule is COc1ccc2c(c1)CCCC2NC(=O)CN(c1ccc(C)cc1C)S(=O)(=O)c1ccccc1. The number of sulfonamides is 1. The van der Waals surface area contributed by atoms with Crippen molar-refractivity contribution >= 4 is 21.6 Å². The second-order valence-electron chi connectivity index (χ2n) is 8.69. The summed E-state index contributed by atoms with van der Waals surface area (Å²) < 4.78 is 33.7. The Morgan fingerprint density at radius 1 is 1.06 bits per heavy atom. The summed E-state index contributed by atoms with van der Waals surface area (Å²) in [5.74, 6) is 0.453. The first-order valence-corrected chi connectivity index (χ1v) is 12.8. The lowest BCUT2D eigenvalue weighted by Gasteiger charge is -2.29. The van der Waals surface area contributed by atoms with E-state index in [1.54, 1.807) is 43.5 Å². The largest absolute Gasteiger partial charge is 0.497 e. The minimum Gasteiger partial charge on any atom is -0.497 e. The number of amides is 1. The Hall–Kier alpha value is -3.32. The van der Waals surface area contributed by atoms with Gasteiger partial charge in [0.05, 0.1) is 23.7 Å². The van der Waals surface area contributed by atoms with Crippen LogP contribution in [-0.4, -0.2) is 28.0 Å².